The molecule has 3 aromatic rings. The van der Waals surface area contributed by atoms with Gasteiger partial charge in [-0.05, 0) is 49.7 Å². The number of hydrogen-bond donors (Lipinski definition) is 1. The maximum Gasteiger partial charge on any atom is 0.237 e. The Balaban J connectivity index is 1.61. The summed E-state index contributed by atoms with van der Waals surface area (Å²) in [5.74, 6) is 1.55. The number of aromatic nitrogens is 3. The lowest BCUT2D eigenvalue weighted by Crippen LogP contribution is -2.25. The van der Waals surface area contributed by atoms with Crippen LogP contribution in [-0.2, 0) is 17.6 Å². The fourth-order valence-electron chi connectivity index (χ4n) is 2.56. The van der Waals surface area contributed by atoms with Crippen LogP contribution in [0.2, 0.25) is 5.02 Å². The molecule has 1 aromatic heterocycles. The highest BCUT2D eigenvalue weighted by molar-refractivity contribution is 8.00. The van der Waals surface area contributed by atoms with Gasteiger partial charge >= 0.3 is 0 Å². The normalized spacial score (nSPS) is 12.0. The third-order valence-corrected chi connectivity index (χ3v) is 6.99. The summed E-state index contributed by atoms with van der Waals surface area (Å²) in [6.07, 6.45) is 0.685. The molecule has 0 saturated heterocycles. The average molecular weight is 447 g/mol. The van der Waals surface area contributed by atoms with Crippen molar-refractivity contribution in [2.75, 3.05) is 5.32 Å². The van der Waals surface area contributed by atoms with Crippen molar-refractivity contribution >= 4 is 46.7 Å². The first-order valence-electron chi connectivity index (χ1n) is 9.27. The molecule has 1 heterocycles. The van der Waals surface area contributed by atoms with E-state index in [-0.39, 0.29) is 11.2 Å². The minimum absolute atomic E-state index is 0.0570. The number of thioether (sulfide) groups is 2. The third-order valence-electron chi connectivity index (χ3n) is 4.34. The van der Waals surface area contributed by atoms with Crippen molar-refractivity contribution in [3.8, 4) is 0 Å². The molecule has 0 aliphatic heterocycles. The summed E-state index contributed by atoms with van der Waals surface area (Å²) in [4.78, 5) is 13.9. The van der Waals surface area contributed by atoms with Crippen molar-refractivity contribution in [1.82, 2.24) is 14.8 Å². The van der Waals surface area contributed by atoms with Crippen LogP contribution in [0.15, 0.2) is 58.6 Å². The molecule has 5 nitrogen and oxygen atoms in total. The van der Waals surface area contributed by atoms with Gasteiger partial charge < -0.3 is 9.88 Å². The first kappa shape index (κ1) is 21.7. The molecule has 0 spiro atoms. The lowest BCUT2D eigenvalue weighted by atomic mass is 10.2. The molecule has 0 aliphatic carbocycles. The molecule has 152 valence electrons. The van der Waals surface area contributed by atoms with Crippen LogP contribution in [0, 0.1) is 6.92 Å². The van der Waals surface area contributed by atoms with Gasteiger partial charge in [-0.2, -0.15) is 0 Å². The van der Waals surface area contributed by atoms with E-state index >= 15 is 0 Å². The standard InChI is InChI=1S/C21H23ClN4OS2/c1-4-18(20(27)23-16-9-7-15(22)8-10-16)29-21-25-24-19(26(21)3)13-28-17-11-5-14(2)6-12-17/h5-12,18H,4,13H2,1-3H3,(H,23,27). The molecule has 1 unspecified atom stereocenters. The molecule has 0 fully saturated rings. The maximum atomic E-state index is 12.7. The number of halogens is 1. The highest BCUT2D eigenvalue weighted by Gasteiger charge is 2.21. The SMILES string of the molecule is CCC(Sc1nnc(CSc2ccc(C)cc2)n1C)C(=O)Nc1ccc(Cl)cc1. The van der Waals surface area contributed by atoms with Crippen molar-refractivity contribution in [2.45, 2.75) is 41.3 Å². The zero-order valence-corrected chi connectivity index (χ0v) is 18.9. The molecule has 1 amide bonds. The number of hydrogen-bond acceptors (Lipinski definition) is 5. The van der Waals surface area contributed by atoms with Gasteiger partial charge in [0.2, 0.25) is 5.91 Å². The van der Waals surface area contributed by atoms with E-state index in [9.17, 15) is 4.79 Å². The second-order valence-electron chi connectivity index (χ2n) is 6.57. The highest BCUT2D eigenvalue weighted by Crippen LogP contribution is 2.28. The first-order valence-corrected chi connectivity index (χ1v) is 11.5. The monoisotopic (exact) mass is 446 g/mol. The van der Waals surface area contributed by atoms with Gasteiger partial charge in [0.1, 0.15) is 5.82 Å². The molecule has 29 heavy (non-hydrogen) atoms. The zero-order valence-electron chi connectivity index (χ0n) is 16.6. The third kappa shape index (κ3) is 6.01. The lowest BCUT2D eigenvalue weighted by Gasteiger charge is -2.14. The van der Waals surface area contributed by atoms with Crippen molar-refractivity contribution in [3.05, 3.63) is 64.9 Å². The molecule has 1 atom stereocenters. The maximum absolute atomic E-state index is 12.7. The van der Waals surface area contributed by atoms with E-state index < -0.39 is 0 Å². The molecule has 0 radical (unpaired) electrons. The largest absolute Gasteiger partial charge is 0.325 e. The number of amides is 1. The number of rotatable bonds is 8. The number of carbonyl (C=O) groups excluding carboxylic acids is 1. The Hall–Kier alpha value is -1.96. The Bertz CT molecular complexity index is 958. The summed E-state index contributed by atoms with van der Waals surface area (Å²) in [7, 11) is 1.94. The van der Waals surface area contributed by atoms with Crippen LogP contribution in [0.1, 0.15) is 24.7 Å². The smallest absolute Gasteiger partial charge is 0.237 e. The molecule has 8 heteroatoms. The predicted octanol–water partition coefficient (Wildman–Crippen LogP) is 5.58. The Morgan fingerprint density at radius 1 is 1.14 bits per heavy atom. The number of anilines is 1. The van der Waals surface area contributed by atoms with E-state index in [0.29, 0.717) is 11.4 Å². The minimum Gasteiger partial charge on any atom is -0.325 e. The summed E-state index contributed by atoms with van der Waals surface area (Å²) in [6.45, 7) is 4.07. The quantitative estimate of drug-likeness (QED) is 0.458. The lowest BCUT2D eigenvalue weighted by molar-refractivity contribution is -0.115. The van der Waals surface area contributed by atoms with Crippen LogP contribution in [-0.4, -0.2) is 25.9 Å². The van der Waals surface area contributed by atoms with Crippen molar-refractivity contribution < 1.29 is 4.79 Å². The summed E-state index contributed by atoms with van der Waals surface area (Å²) >= 11 is 9.05. The number of nitrogens with one attached hydrogen (secondary N) is 1. The van der Waals surface area contributed by atoms with Gasteiger partial charge in [-0.1, -0.05) is 48.0 Å². The van der Waals surface area contributed by atoms with E-state index in [1.54, 1.807) is 36.0 Å². The van der Waals surface area contributed by atoms with Crippen LogP contribution in [0.5, 0.6) is 0 Å². The fraction of sp³-hybridized carbons (Fsp3) is 0.286. The van der Waals surface area contributed by atoms with Gasteiger partial charge in [0.25, 0.3) is 0 Å². The fourth-order valence-corrected chi connectivity index (χ4v) is 4.50. The van der Waals surface area contributed by atoms with Gasteiger partial charge in [0.05, 0.1) is 11.0 Å². The number of aryl methyl sites for hydroxylation is 1. The second-order valence-corrected chi connectivity index (χ2v) is 9.23. The van der Waals surface area contributed by atoms with Crippen LogP contribution in [0.4, 0.5) is 5.69 Å². The first-order chi connectivity index (χ1) is 14.0. The summed E-state index contributed by atoms with van der Waals surface area (Å²) in [5, 5.41) is 12.7. The number of benzene rings is 2. The summed E-state index contributed by atoms with van der Waals surface area (Å²) in [6, 6.07) is 15.5. The van der Waals surface area contributed by atoms with Gasteiger partial charge in [-0.15, -0.1) is 22.0 Å². The average Bonchev–Trinajstić information content (AvgIpc) is 3.06. The van der Waals surface area contributed by atoms with Gasteiger partial charge in [0.15, 0.2) is 5.16 Å². The summed E-state index contributed by atoms with van der Waals surface area (Å²) in [5.41, 5.74) is 1.97. The Morgan fingerprint density at radius 3 is 2.48 bits per heavy atom. The highest BCUT2D eigenvalue weighted by atomic mass is 35.5. The molecule has 1 N–H and O–H groups in total. The Kier molecular flexibility index (Phi) is 7.64. The molecule has 3 rings (SSSR count). The van der Waals surface area contributed by atoms with Crippen LogP contribution >= 0.6 is 35.1 Å². The topological polar surface area (TPSA) is 59.8 Å². The zero-order chi connectivity index (χ0) is 20.8. The predicted molar refractivity (Wildman–Crippen MR) is 122 cm³/mol. The second kappa shape index (κ2) is 10.2. The molecule has 0 saturated carbocycles. The number of carbonyl (C=O) groups is 1. The molecule has 0 bridgehead atoms. The van der Waals surface area contributed by atoms with E-state index in [2.05, 4.69) is 46.7 Å². The van der Waals surface area contributed by atoms with Gasteiger partial charge in [0, 0.05) is 22.7 Å². The minimum atomic E-state index is -0.258. The van der Waals surface area contributed by atoms with Crippen LogP contribution < -0.4 is 5.32 Å². The molecule has 2 aromatic carbocycles. The van der Waals surface area contributed by atoms with Gasteiger partial charge in [-0.3, -0.25) is 4.79 Å². The van der Waals surface area contributed by atoms with Crippen LogP contribution in [0.25, 0.3) is 0 Å². The van der Waals surface area contributed by atoms with E-state index in [1.807, 2.05) is 18.5 Å². The number of nitrogens with zero attached hydrogens (tertiary/aromatic N) is 3. The van der Waals surface area contributed by atoms with Crippen LogP contribution in [0.3, 0.4) is 0 Å². The summed E-state index contributed by atoms with van der Waals surface area (Å²) < 4.78 is 1.96. The van der Waals surface area contributed by atoms with E-state index in [1.165, 1.54) is 22.2 Å². The van der Waals surface area contributed by atoms with E-state index in [4.69, 9.17) is 11.6 Å². The molecule has 0 aliphatic rings. The Morgan fingerprint density at radius 2 is 1.83 bits per heavy atom. The van der Waals surface area contributed by atoms with Crippen molar-refractivity contribution in [2.24, 2.45) is 7.05 Å². The van der Waals surface area contributed by atoms with Crippen molar-refractivity contribution in [1.29, 1.82) is 0 Å². The van der Waals surface area contributed by atoms with Gasteiger partial charge in [-0.25, -0.2) is 0 Å². The molecular weight excluding hydrogens is 424 g/mol. The van der Waals surface area contributed by atoms with Crippen molar-refractivity contribution in [3.63, 3.8) is 0 Å². The van der Waals surface area contributed by atoms with E-state index in [0.717, 1.165) is 22.4 Å². The molecular formula is C21H23ClN4OS2. The Labute approximate surface area is 184 Å².